The van der Waals surface area contributed by atoms with Gasteiger partial charge < -0.3 is 14.8 Å². The van der Waals surface area contributed by atoms with Gasteiger partial charge in [0.1, 0.15) is 12.6 Å². The lowest BCUT2D eigenvalue weighted by Gasteiger charge is -2.19. The molecule has 1 N–H and O–H groups in total. The van der Waals surface area contributed by atoms with Gasteiger partial charge in [0.05, 0.1) is 0 Å². The van der Waals surface area contributed by atoms with E-state index in [0.29, 0.717) is 17.7 Å². The Morgan fingerprint density at radius 2 is 1.46 bits per heavy atom. The number of Topliss-reactive ketones (excluding diaryl/α,β-unsaturated/α-hetero) is 1. The molecule has 35 heavy (non-hydrogen) atoms. The van der Waals surface area contributed by atoms with E-state index in [1.165, 1.54) is 0 Å². The molecule has 3 aromatic carbocycles. The average molecular weight is 490 g/mol. The van der Waals surface area contributed by atoms with E-state index in [1.807, 2.05) is 42.7 Å². The second kappa shape index (κ2) is 11.7. The molecule has 1 amide bonds. The third-order valence-corrected chi connectivity index (χ3v) is 6.62. The Hall–Kier alpha value is -3.58. The fourth-order valence-electron chi connectivity index (χ4n) is 4.21. The van der Waals surface area contributed by atoms with Crippen molar-refractivity contribution >= 4 is 29.6 Å². The van der Waals surface area contributed by atoms with Crippen LogP contribution in [0.25, 0.3) is 11.1 Å². The summed E-state index contributed by atoms with van der Waals surface area (Å²) in [6.07, 6.45) is 1.59. The molecule has 0 saturated heterocycles. The number of esters is 1. The van der Waals surface area contributed by atoms with Gasteiger partial charge in [0.15, 0.2) is 12.4 Å². The van der Waals surface area contributed by atoms with Crippen LogP contribution in [0.2, 0.25) is 0 Å². The van der Waals surface area contributed by atoms with Gasteiger partial charge in [-0.15, -0.1) is 0 Å². The molecule has 1 aliphatic rings. The van der Waals surface area contributed by atoms with Crippen LogP contribution in [0.15, 0.2) is 78.9 Å². The topological polar surface area (TPSA) is 81.7 Å². The molecule has 0 unspecified atom stereocenters. The molecule has 6 nitrogen and oxygen atoms in total. The van der Waals surface area contributed by atoms with Crippen LogP contribution in [0.1, 0.15) is 33.8 Å². The van der Waals surface area contributed by atoms with Crippen molar-refractivity contribution in [2.24, 2.45) is 0 Å². The first kappa shape index (κ1) is 24.5. The van der Waals surface area contributed by atoms with Gasteiger partial charge in [-0.3, -0.25) is 4.79 Å². The minimum Gasteiger partial charge on any atom is -0.456 e. The molecule has 0 aromatic heterocycles. The van der Waals surface area contributed by atoms with Gasteiger partial charge >= 0.3 is 12.1 Å². The van der Waals surface area contributed by atoms with Gasteiger partial charge in [0, 0.05) is 11.5 Å². The number of benzene rings is 3. The normalized spacial score (nSPS) is 12.8. The number of carbonyl (C=O) groups excluding carboxylic acids is 3. The van der Waals surface area contributed by atoms with E-state index in [0.717, 1.165) is 22.3 Å². The van der Waals surface area contributed by atoms with E-state index >= 15 is 0 Å². The lowest BCUT2D eigenvalue weighted by Crippen LogP contribution is -2.43. The maximum absolute atomic E-state index is 12.7. The van der Waals surface area contributed by atoms with E-state index in [2.05, 4.69) is 17.4 Å². The molecular weight excluding hydrogens is 462 g/mol. The van der Waals surface area contributed by atoms with Crippen LogP contribution < -0.4 is 5.32 Å². The van der Waals surface area contributed by atoms with E-state index in [1.54, 1.807) is 42.1 Å². The quantitative estimate of drug-likeness (QED) is 0.316. The number of thioether (sulfide) groups is 1. The lowest BCUT2D eigenvalue weighted by atomic mass is 9.98. The van der Waals surface area contributed by atoms with Crippen LogP contribution in [0.4, 0.5) is 4.79 Å². The summed E-state index contributed by atoms with van der Waals surface area (Å²) in [5, 5.41) is 2.63. The highest BCUT2D eigenvalue weighted by Gasteiger charge is 2.30. The van der Waals surface area contributed by atoms with Crippen molar-refractivity contribution in [2.45, 2.75) is 18.4 Å². The average Bonchev–Trinajstić information content (AvgIpc) is 3.22. The summed E-state index contributed by atoms with van der Waals surface area (Å²) in [7, 11) is 0. The summed E-state index contributed by atoms with van der Waals surface area (Å²) in [4.78, 5) is 37.6. The largest absolute Gasteiger partial charge is 0.456 e. The Kier molecular flexibility index (Phi) is 8.21. The molecule has 0 spiro atoms. The summed E-state index contributed by atoms with van der Waals surface area (Å²) in [5.74, 6) is -0.399. The molecule has 4 rings (SSSR count). The molecule has 7 heteroatoms. The molecule has 0 saturated carbocycles. The molecule has 0 radical (unpaired) electrons. The summed E-state index contributed by atoms with van der Waals surface area (Å²) in [5.41, 5.74) is 4.97. The smallest absolute Gasteiger partial charge is 0.407 e. The van der Waals surface area contributed by atoms with Crippen molar-refractivity contribution in [1.82, 2.24) is 5.32 Å². The standard InChI is InChI=1S/C28H27NO5S/c1-35-16-15-25(27(31)33-18-26(30)19-9-3-2-4-10-19)29-28(32)34-17-24-22-13-7-5-11-20(22)21-12-6-8-14-23(21)24/h2-14,24-25H,15-18H2,1H3,(H,29,32)/t25-/m0/s1. The first-order valence-electron chi connectivity index (χ1n) is 11.4. The number of carbonyl (C=O) groups is 3. The third-order valence-electron chi connectivity index (χ3n) is 5.97. The highest BCUT2D eigenvalue weighted by Crippen LogP contribution is 2.44. The molecule has 1 aliphatic carbocycles. The maximum Gasteiger partial charge on any atom is 0.407 e. The number of ether oxygens (including phenoxy) is 2. The van der Waals surface area contributed by atoms with Crippen molar-refractivity contribution in [3.8, 4) is 11.1 Å². The van der Waals surface area contributed by atoms with Crippen LogP contribution in [0.5, 0.6) is 0 Å². The van der Waals surface area contributed by atoms with Gasteiger partial charge in [-0.2, -0.15) is 11.8 Å². The molecule has 3 aromatic rings. The maximum atomic E-state index is 12.7. The molecule has 0 aliphatic heterocycles. The van der Waals surface area contributed by atoms with Crippen LogP contribution >= 0.6 is 11.8 Å². The number of amides is 1. The minimum atomic E-state index is -0.901. The van der Waals surface area contributed by atoms with Gasteiger partial charge in [0.25, 0.3) is 0 Å². The molecule has 0 bridgehead atoms. The van der Waals surface area contributed by atoms with Crippen LogP contribution in [0, 0.1) is 0 Å². The number of alkyl carbamates (subject to hydrolysis) is 1. The predicted molar refractivity (Wildman–Crippen MR) is 137 cm³/mol. The van der Waals surface area contributed by atoms with E-state index in [-0.39, 0.29) is 24.9 Å². The molecule has 0 fully saturated rings. The summed E-state index contributed by atoms with van der Waals surface area (Å²) in [6, 6.07) is 23.9. The van der Waals surface area contributed by atoms with Crippen molar-refractivity contribution < 1.29 is 23.9 Å². The summed E-state index contributed by atoms with van der Waals surface area (Å²) in [6.45, 7) is -0.234. The Bertz CT molecular complexity index is 1150. The Morgan fingerprint density at radius 3 is 2.09 bits per heavy atom. The van der Waals surface area contributed by atoms with Gasteiger partial charge in [0.2, 0.25) is 0 Å². The molecule has 180 valence electrons. The highest BCUT2D eigenvalue weighted by atomic mass is 32.2. The first-order chi connectivity index (χ1) is 17.1. The zero-order valence-corrected chi connectivity index (χ0v) is 20.3. The van der Waals surface area contributed by atoms with E-state index in [4.69, 9.17) is 9.47 Å². The third kappa shape index (κ3) is 5.92. The number of ketones is 1. The Morgan fingerprint density at radius 1 is 0.857 bits per heavy atom. The SMILES string of the molecule is CSCC[C@H](NC(=O)OCC1c2ccccc2-c2ccccc21)C(=O)OCC(=O)c1ccccc1. The molecular formula is C28H27NO5S. The predicted octanol–water partition coefficient (Wildman–Crippen LogP) is 5.07. The van der Waals surface area contributed by atoms with Crippen LogP contribution in [-0.2, 0) is 14.3 Å². The second-order valence-corrected chi connectivity index (χ2v) is 9.19. The van der Waals surface area contributed by atoms with Gasteiger partial charge in [-0.1, -0.05) is 78.9 Å². The van der Waals surface area contributed by atoms with Crippen molar-refractivity contribution in [2.75, 3.05) is 25.2 Å². The highest BCUT2D eigenvalue weighted by molar-refractivity contribution is 7.98. The van der Waals surface area contributed by atoms with Crippen LogP contribution in [-0.4, -0.2) is 49.1 Å². The number of fused-ring (bicyclic) bond motifs is 3. The molecule has 0 heterocycles. The number of nitrogens with one attached hydrogen (secondary N) is 1. The summed E-state index contributed by atoms with van der Waals surface area (Å²) < 4.78 is 10.8. The van der Waals surface area contributed by atoms with Gasteiger partial charge in [-0.05, 0) is 40.7 Å². The van der Waals surface area contributed by atoms with Crippen LogP contribution in [0.3, 0.4) is 0 Å². The number of rotatable bonds is 10. The fraction of sp³-hybridized carbons (Fsp3) is 0.250. The van der Waals surface area contributed by atoms with E-state index < -0.39 is 18.1 Å². The van der Waals surface area contributed by atoms with Crippen molar-refractivity contribution in [3.05, 3.63) is 95.6 Å². The van der Waals surface area contributed by atoms with Crippen molar-refractivity contribution in [1.29, 1.82) is 0 Å². The Balaban J connectivity index is 1.35. The first-order valence-corrected chi connectivity index (χ1v) is 12.8. The van der Waals surface area contributed by atoms with E-state index in [9.17, 15) is 14.4 Å². The lowest BCUT2D eigenvalue weighted by molar-refractivity contribution is -0.144. The Labute approximate surface area is 209 Å². The zero-order valence-electron chi connectivity index (χ0n) is 19.4. The monoisotopic (exact) mass is 489 g/mol. The zero-order chi connectivity index (χ0) is 24.6. The van der Waals surface area contributed by atoms with Gasteiger partial charge in [-0.25, -0.2) is 9.59 Å². The summed E-state index contributed by atoms with van der Waals surface area (Å²) >= 11 is 1.55. The second-order valence-electron chi connectivity index (χ2n) is 8.20. The fourth-order valence-corrected chi connectivity index (χ4v) is 4.68. The minimum absolute atomic E-state index is 0.0757. The number of hydrogen-bond acceptors (Lipinski definition) is 6. The number of hydrogen-bond donors (Lipinski definition) is 1. The molecule has 1 atom stereocenters. The van der Waals surface area contributed by atoms with Crippen molar-refractivity contribution in [3.63, 3.8) is 0 Å².